The molecule has 3 aromatic rings. The van der Waals surface area contributed by atoms with E-state index >= 15 is 0 Å². The van der Waals surface area contributed by atoms with Crippen molar-refractivity contribution in [2.75, 3.05) is 55.9 Å². The molecule has 0 spiro atoms. The van der Waals surface area contributed by atoms with Crippen LogP contribution in [0.15, 0.2) is 60.7 Å². The first-order valence-corrected chi connectivity index (χ1v) is 14.0. The van der Waals surface area contributed by atoms with Crippen molar-refractivity contribution in [3.05, 3.63) is 77.4 Å². The Morgan fingerprint density at radius 1 is 0.929 bits per heavy atom. The smallest absolute Gasteiger partial charge is 0.335 e. The molecular weight excluding hydrogens is 536 g/mol. The van der Waals surface area contributed by atoms with Gasteiger partial charge in [0.25, 0.3) is 0 Å². The van der Waals surface area contributed by atoms with Crippen molar-refractivity contribution in [2.24, 2.45) is 0 Å². The molecule has 1 heterocycles. The molecule has 10 heteroatoms. The number of hydrogen-bond donors (Lipinski definition) is 3. The number of aromatic carboxylic acids is 1. The third-order valence-corrected chi connectivity index (χ3v) is 7.28. The Labute approximate surface area is 246 Å². The molecule has 0 aromatic heterocycles. The highest BCUT2D eigenvalue weighted by Crippen LogP contribution is 2.32. The van der Waals surface area contributed by atoms with E-state index in [2.05, 4.69) is 15.5 Å². The number of likely N-dealkylation sites (N-methyl/N-ethyl adjacent to an activating group) is 1. The number of rotatable bonds is 11. The van der Waals surface area contributed by atoms with Crippen LogP contribution in [0, 0.1) is 6.92 Å². The normalized spacial score (nSPS) is 12.8. The van der Waals surface area contributed by atoms with Crippen molar-refractivity contribution < 1.29 is 29.0 Å². The number of carboxylic acid groups (broad SMARTS) is 1. The van der Waals surface area contributed by atoms with E-state index in [0.717, 1.165) is 49.2 Å². The van der Waals surface area contributed by atoms with Crippen molar-refractivity contribution in [3.8, 4) is 11.5 Å². The van der Waals surface area contributed by atoms with Crippen LogP contribution in [0.25, 0.3) is 0 Å². The Hall–Kier alpha value is -4.73. The van der Waals surface area contributed by atoms with Crippen LogP contribution in [-0.4, -0.2) is 68.3 Å². The van der Waals surface area contributed by atoms with Crippen molar-refractivity contribution in [1.82, 2.24) is 4.90 Å². The van der Waals surface area contributed by atoms with Gasteiger partial charge in [-0.1, -0.05) is 24.3 Å². The van der Waals surface area contributed by atoms with E-state index in [1.54, 1.807) is 42.3 Å². The van der Waals surface area contributed by atoms with Gasteiger partial charge in [-0.3, -0.25) is 4.79 Å². The number of carbonyl (C=O) groups is 3. The zero-order valence-corrected chi connectivity index (χ0v) is 24.3. The molecule has 42 heavy (non-hydrogen) atoms. The van der Waals surface area contributed by atoms with Crippen LogP contribution in [0.5, 0.6) is 11.5 Å². The number of carbonyl (C=O) groups excluding carboxylic acids is 2. The van der Waals surface area contributed by atoms with Crippen LogP contribution in [0.2, 0.25) is 0 Å². The first kappa shape index (κ1) is 30.2. The average molecular weight is 575 g/mol. The molecule has 0 atom stereocenters. The van der Waals surface area contributed by atoms with Crippen LogP contribution in [0.1, 0.15) is 40.7 Å². The summed E-state index contributed by atoms with van der Waals surface area (Å²) in [5.74, 6) is -0.0180. The summed E-state index contributed by atoms with van der Waals surface area (Å²) in [4.78, 5) is 40.8. The molecule has 1 aliphatic heterocycles. The van der Waals surface area contributed by atoms with Crippen molar-refractivity contribution in [1.29, 1.82) is 0 Å². The zero-order valence-electron chi connectivity index (χ0n) is 24.3. The van der Waals surface area contributed by atoms with Gasteiger partial charge in [0.15, 0.2) is 0 Å². The third kappa shape index (κ3) is 7.93. The maximum absolute atomic E-state index is 13.0. The number of methoxy groups -OCH3 is 1. The van der Waals surface area contributed by atoms with E-state index in [4.69, 9.17) is 9.47 Å². The number of nitrogens with zero attached hydrogens (tertiary/aromatic N) is 2. The maximum Gasteiger partial charge on any atom is 0.335 e. The van der Waals surface area contributed by atoms with E-state index in [1.165, 1.54) is 13.2 Å². The molecule has 1 saturated heterocycles. The molecule has 0 unspecified atom stereocenters. The van der Waals surface area contributed by atoms with Crippen molar-refractivity contribution in [3.63, 3.8) is 0 Å². The molecule has 3 aromatic carbocycles. The monoisotopic (exact) mass is 574 g/mol. The molecule has 4 rings (SSSR count). The minimum Gasteiger partial charge on any atom is -0.495 e. The summed E-state index contributed by atoms with van der Waals surface area (Å²) in [6.45, 7) is 4.24. The standard InChI is InChI=1S/C32H38N4O6/c1-22-9-5-6-10-25(22)33-32(40)34-26-13-11-23(19-29(26)41-3)20-30(37)35(2)17-18-42-28-14-12-24(31(38)39)21-27(28)36-15-7-4-8-16-36/h5-6,9-14,19,21H,4,7-8,15-18,20H2,1-3H3,(H,38,39)(H2,33,34,40). The third-order valence-electron chi connectivity index (χ3n) is 7.28. The van der Waals surface area contributed by atoms with Gasteiger partial charge in [0, 0.05) is 25.8 Å². The molecule has 3 N–H and O–H groups in total. The van der Waals surface area contributed by atoms with Gasteiger partial charge >= 0.3 is 12.0 Å². The number of carboxylic acids is 1. The first-order valence-electron chi connectivity index (χ1n) is 14.0. The summed E-state index contributed by atoms with van der Waals surface area (Å²) in [6.07, 6.45) is 3.41. The number of hydrogen-bond acceptors (Lipinski definition) is 6. The molecule has 3 amide bonds. The molecular formula is C32H38N4O6. The van der Waals surface area contributed by atoms with Gasteiger partial charge in [0.1, 0.15) is 18.1 Å². The fourth-order valence-electron chi connectivity index (χ4n) is 4.82. The number of para-hydroxylation sites is 1. The van der Waals surface area contributed by atoms with E-state index < -0.39 is 12.0 Å². The Balaban J connectivity index is 1.32. The SMILES string of the molecule is COc1cc(CC(=O)N(C)CCOc2ccc(C(=O)O)cc2N2CCCCC2)ccc1NC(=O)Nc1ccccc1C. The average Bonchev–Trinajstić information content (AvgIpc) is 2.99. The minimum atomic E-state index is -0.976. The molecule has 0 saturated carbocycles. The Morgan fingerprint density at radius 3 is 2.38 bits per heavy atom. The Kier molecular flexibility index (Phi) is 10.3. The lowest BCUT2D eigenvalue weighted by atomic mass is 10.1. The molecule has 1 fully saturated rings. The predicted molar refractivity (Wildman–Crippen MR) is 163 cm³/mol. The highest BCUT2D eigenvalue weighted by Gasteiger charge is 2.19. The summed E-state index contributed by atoms with van der Waals surface area (Å²) < 4.78 is 11.5. The van der Waals surface area contributed by atoms with Crippen LogP contribution >= 0.6 is 0 Å². The van der Waals surface area contributed by atoms with E-state index in [1.807, 2.05) is 31.2 Å². The van der Waals surface area contributed by atoms with Gasteiger partial charge < -0.3 is 35.0 Å². The first-order chi connectivity index (χ1) is 20.2. The molecule has 0 aliphatic carbocycles. The number of aryl methyl sites for hydroxylation is 1. The number of amides is 3. The molecule has 222 valence electrons. The van der Waals surface area contributed by atoms with Crippen LogP contribution in [0.4, 0.5) is 21.9 Å². The molecule has 1 aliphatic rings. The Morgan fingerprint density at radius 2 is 1.67 bits per heavy atom. The largest absolute Gasteiger partial charge is 0.495 e. The fourth-order valence-corrected chi connectivity index (χ4v) is 4.82. The van der Waals surface area contributed by atoms with Gasteiger partial charge in [-0.25, -0.2) is 9.59 Å². The summed E-state index contributed by atoms with van der Waals surface area (Å²) >= 11 is 0. The topological polar surface area (TPSA) is 120 Å². The summed E-state index contributed by atoms with van der Waals surface area (Å²) in [7, 11) is 3.23. The number of anilines is 3. The van der Waals surface area contributed by atoms with Gasteiger partial charge in [0.05, 0.1) is 37.0 Å². The summed E-state index contributed by atoms with van der Waals surface area (Å²) in [6, 6.07) is 17.2. The highest BCUT2D eigenvalue weighted by molar-refractivity contribution is 6.01. The lowest BCUT2D eigenvalue weighted by Gasteiger charge is -2.30. The second kappa shape index (κ2) is 14.2. The van der Waals surface area contributed by atoms with Gasteiger partial charge in [-0.2, -0.15) is 0 Å². The highest BCUT2D eigenvalue weighted by atomic mass is 16.5. The maximum atomic E-state index is 13.0. The number of piperidine rings is 1. The summed E-state index contributed by atoms with van der Waals surface area (Å²) in [5.41, 5.74) is 3.88. The van der Waals surface area contributed by atoms with E-state index in [9.17, 15) is 19.5 Å². The molecule has 0 bridgehead atoms. The number of benzene rings is 3. The molecule has 0 radical (unpaired) electrons. The van der Waals surface area contributed by atoms with Gasteiger partial charge in [-0.05, 0) is 73.7 Å². The van der Waals surface area contributed by atoms with Gasteiger partial charge in [0.2, 0.25) is 5.91 Å². The lowest BCUT2D eigenvalue weighted by Crippen LogP contribution is -2.33. The minimum absolute atomic E-state index is 0.101. The van der Waals surface area contributed by atoms with Crippen LogP contribution in [0.3, 0.4) is 0 Å². The van der Waals surface area contributed by atoms with Crippen LogP contribution in [-0.2, 0) is 11.2 Å². The van der Waals surface area contributed by atoms with Crippen molar-refractivity contribution in [2.45, 2.75) is 32.6 Å². The van der Waals surface area contributed by atoms with Gasteiger partial charge in [-0.15, -0.1) is 0 Å². The number of urea groups is 1. The van der Waals surface area contributed by atoms with Crippen LogP contribution < -0.4 is 25.0 Å². The zero-order chi connectivity index (χ0) is 30.1. The van der Waals surface area contributed by atoms with Crippen molar-refractivity contribution >= 4 is 35.0 Å². The molecule has 10 nitrogen and oxygen atoms in total. The predicted octanol–water partition coefficient (Wildman–Crippen LogP) is 5.42. The number of ether oxygens (including phenoxy) is 2. The summed E-state index contributed by atoms with van der Waals surface area (Å²) in [5, 5.41) is 15.1. The second-order valence-electron chi connectivity index (χ2n) is 10.3. The van der Waals surface area contributed by atoms with E-state index in [0.29, 0.717) is 29.4 Å². The van der Waals surface area contributed by atoms with E-state index in [-0.39, 0.29) is 24.5 Å². The quantitative estimate of drug-likeness (QED) is 0.280. The lowest BCUT2D eigenvalue weighted by molar-refractivity contribution is -0.129. The fraction of sp³-hybridized carbons (Fsp3) is 0.344. The second-order valence-corrected chi connectivity index (χ2v) is 10.3. The Bertz CT molecular complexity index is 1420. The number of nitrogens with one attached hydrogen (secondary N) is 2.